The maximum absolute atomic E-state index is 13.5. The Morgan fingerprint density at radius 3 is 2.63 bits per heavy atom. The second-order valence-electron chi connectivity index (χ2n) is 15.1. The summed E-state index contributed by atoms with van der Waals surface area (Å²) in [5.41, 5.74) is 3.10. The van der Waals surface area contributed by atoms with Crippen LogP contribution in [0, 0.1) is 11.8 Å². The first kappa shape index (κ1) is 37.2. The zero-order valence-electron chi connectivity index (χ0n) is 29.6. The van der Waals surface area contributed by atoms with E-state index < -0.39 is 31.0 Å². The number of hydrogen-bond acceptors (Lipinski definition) is 9. The van der Waals surface area contributed by atoms with Crippen molar-refractivity contribution in [3.63, 3.8) is 0 Å². The Labute approximate surface area is 312 Å². The molecule has 7 rings (SSSR count). The van der Waals surface area contributed by atoms with Gasteiger partial charge in [0.1, 0.15) is 12.4 Å². The number of sulfone groups is 1. The third kappa shape index (κ3) is 7.74. The number of rotatable bonds is 4. The Balaban J connectivity index is 1.22. The minimum absolute atomic E-state index is 0.0452. The lowest BCUT2D eigenvalue weighted by molar-refractivity contribution is -0.139. The topological polar surface area (TPSA) is 139 Å². The number of benzene rings is 2. The minimum atomic E-state index is -3.98. The fraction of sp³-hybridized carbons (Fsp3) is 0.579. The van der Waals surface area contributed by atoms with Gasteiger partial charge in [-0.25, -0.2) is 21.6 Å². The Bertz CT molecular complexity index is 1940. The van der Waals surface area contributed by atoms with Crippen molar-refractivity contribution in [2.24, 2.45) is 11.8 Å². The third-order valence-corrected chi connectivity index (χ3v) is 15.6. The number of fused-ring (bicyclic) bond motifs is 4. The number of halogens is 1. The van der Waals surface area contributed by atoms with Crippen LogP contribution in [0.2, 0.25) is 5.02 Å². The molecule has 2 aromatic rings. The quantitative estimate of drug-likeness (QED) is 0.440. The van der Waals surface area contributed by atoms with Gasteiger partial charge in [0.05, 0.1) is 35.2 Å². The maximum Gasteiger partial charge on any atom is 0.264 e. The van der Waals surface area contributed by atoms with E-state index >= 15 is 0 Å². The molecule has 52 heavy (non-hydrogen) atoms. The lowest BCUT2D eigenvalue weighted by atomic mass is 9.68. The molecule has 1 saturated heterocycles. The predicted molar refractivity (Wildman–Crippen MR) is 200 cm³/mol. The highest BCUT2D eigenvalue weighted by molar-refractivity contribution is 7.91. The number of allylic oxidation sites excluding steroid dienone is 1. The molecule has 0 radical (unpaired) electrons. The standard InChI is InChI=1S/C38H48ClN3O8S2/c1-2-30-7-3-4-8-34(49-23-36(43)41-16-18-51(45,46)19-17-41)31-12-9-28(31)22-42-24-38(15-5-6-26-20-29(39)11-13-32(26)38)25-50-35-14-10-27(21-33(35)42)37(44)40-52(30,47)48/h4,8,10-11,13-14,20-21,28,30-31,34H,2-3,5-7,9,12,15-19,22-25H2,1H3,(H,40,44)/b8-4-/t28-,30+,31+,34-,38-/m0/s1. The Hall–Kier alpha value is -3.13. The zero-order chi connectivity index (χ0) is 36.7. The molecule has 1 saturated carbocycles. The van der Waals surface area contributed by atoms with E-state index in [1.807, 2.05) is 18.2 Å². The first-order chi connectivity index (χ1) is 24.9. The van der Waals surface area contributed by atoms with Crippen LogP contribution in [0.1, 0.15) is 73.4 Å². The van der Waals surface area contributed by atoms with Gasteiger partial charge in [-0.05, 0) is 105 Å². The van der Waals surface area contributed by atoms with Gasteiger partial charge in [-0.1, -0.05) is 36.7 Å². The highest BCUT2D eigenvalue weighted by Gasteiger charge is 2.45. The van der Waals surface area contributed by atoms with Crippen LogP contribution < -0.4 is 14.4 Å². The fourth-order valence-electron chi connectivity index (χ4n) is 8.70. The molecule has 2 aromatic carbocycles. The average Bonchev–Trinajstić information content (AvgIpc) is 3.24. The number of carbonyl (C=O) groups excluding carboxylic acids is 2. The van der Waals surface area contributed by atoms with E-state index in [-0.39, 0.29) is 66.0 Å². The fourth-order valence-corrected chi connectivity index (χ4v) is 11.5. The molecule has 2 aliphatic carbocycles. The van der Waals surface area contributed by atoms with Gasteiger partial charge in [0, 0.05) is 42.2 Å². The van der Waals surface area contributed by atoms with Gasteiger partial charge < -0.3 is 19.3 Å². The number of nitrogens with one attached hydrogen (secondary N) is 1. The van der Waals surface area contributed by atoms with Crippen molar-refractivity contribution in [1.82, 2.24) is 9.62 Å². The summed E-state index contributed by atoms with van der Waals surface area (Å²) in [7, 11) is -7.11. The van der Waals surface area contributed by atoms with E-state index in [9.17, 15) is 26.4 Å². The summed E-state index contributed by atoms with van der Waals surface area (Å²) in [6, 6.07) is 11.3. The van der Waals surface area contributed by atoms with Crippen LogP contribution in [0.25, 0.3) is 0 Å². The highest BCUT2D eigenvalue weighted by Crippen LogP contribution is 2.47. The van der Waals surface area contributed by atoms with Crippen LogP contribution in [-0.4, -0.2) is 95.8 Å². The summed E-state index contributed by atoms with van der Waals surface area (Å²) in [5.74, 6) is -0.0444. The molecular weight excluding hydrogens is 726 g/mol. The molecule has 0 aromatic heterocycles. The molecule has 3 heterocycles. The van der Waals surface area contributed by atoms with Crippen LogP contribution in [0.15, 0.2) is 48.6 Å². The van der Waals surface area contributed by atoms with Crippen molar-refractivity contribution in [1.29, 1.82) is 0 Å². The van der Waals surface area contributed by atoms with Gasteiger partial charge in [0.15, 0.2) is 9.84 Å². The number of nitrogens with zero attached hydrogens (tertiary/aromatic N) is 2. The smallest absolute Gasteiger partial charge is 0.264 e. The van der Waals surface area contributed by atoms with Crippen molar-refractivity contribution in [3.05, 3.63) is 70.3 Å². The molecule has 5 aliphatic rings. The lowest BCUT2D eigenvalue weighted by Crippen LogP contribution is -2.50. The summed E-state index contributed by atoms with van der Waals surface area (Å²) in [6.07, 6.45) is 9.31. The SMILES string of the molecule is CC[C@@H]1CC/C=C\[C@H](OCC(=O)N2CCS(=O)(=O)CC2)[C@@H]2CC[C@H]2CN2C[C@@]3(CCCc4cc(Cl)ccc43)COc3ccc(cc32)C(=O)NS1(=O)=O. The minimum Gasteiger partial charge on any atom is -0.490 e. The Kier molecular flexibility index (Phi) is 10.7. The molecule has 1 spiro atoms. The summed E-state index contributed by atoms with van der Waals surface area (Å²) in [4.78, 5) is 30.6. The van der Waals surface area contributed by atoms with E-state index in [0.29, 0.717) is 49.7 Å². The van der Waals surface area contributed by atoms with Crippen molar-refractivity contribution >= 4 is 49.0 Å². The van der Waals surface area contributed by atoms with Crippen molar-refractivity contribution in [2.45, 2.75) is 75.1 Å². The molecule has 5 atom stereocenters. The summed E-state index contributed by atoms with van der Waals surface area (Å²) >= 11 is 6.44. The van der Waals surface area contributed by atoms with E-state index in [2.05, 4.69) is 21.8 Å². The Morgan fingerprint density at radius 2 is 1.88 bits per heavy atom. The first-order valence-electron chi connectivity index (χ1n) is 18.5. The van der Waals surface area contributed by atoms with Gasteiger partial charge in [-0.15, -0.1) is 0 Å². The zero-order valence-corrected chi connectivity index (χ0v) is 32.0. The molecule has 2 bridgehead atoms. The molecular formula is C38H48ClN3O8S2. The van der Waals surface area contributed by atoms with Crippen LogP contribution >= 0.6 is 11.6 Å². The number of carbonyl (C=O) groups is 2. The number of ether oxygens (including phenoxy) is 2. The molecule has 14 heteroatoms. The third-order valence-electron chi connectivity index (χ3n) is 11.9. The highest BCUT2D eigenvalue weighted by atomic mass is 35.5. The van der Waals surface area contributed by atoms with E-state index in [0.717, 1.165) is 37.8 Å². The molecule has 2 amide bonds. The van der Waals surface area contributed by atoms with Crippen LogP contribution in [0.3, 0.4) is 0 Å². The van der Waals surface area contributed by atoms with Crippen molar-refractivity contribution in [3.8, 4) is 5.75 Å². The number of aryl methyl sites for hydroxylation is 1. The van der Waals surface area contributed by atoms with Gasteiger partial charge in [0.25, 0.3) is 5.91 Å². The predicted octanol–water partition coefficient (Wildman–Crippen LogP) is 4.67. The van der Waals surface area contributed by atoms with Gasteiger partial charge in [-0.2, -0.15) is 0 Å². The molecule has 1 N–H and O–H groups in total. The second kappa shape index (κ2) is 14.9. The normalized spacial score (nSPS) is 30.5. The van der Waals surface area contributed by atoms with Crippen LogP contribution in [0.4, 0.5) is 5.69 Å². The Morgan fingerprint density at radius 1 is 1.08 bits per heavy atom. The van der Waals surface area contributed by atoms with Crippen molar-refractivity contribution in [2.75, 3.05) is 55.8 Å². The molecule has 11 nitrogen and oxygen atoms in total. The largest absolute Gasteiger partial charge is 0.490 e. The lowest BCUT2D eigenvalue weighted by Gasteiger charge is -2.46. The summed E-state index contributed by atoms with van der Waals surface area (Å²) in [6.45, 7) is 3.69. The molecule has 0 unspecified atom stereocenters. The monoisotopic (exact) mass is 773 g/mol. The van der Waals surface area contributed by atoms with Gasteiger partial charge >= 0.3 is 0 Å². The van der Waals surface area contributed by atoms with Crippen LogP contribution in [-0.2, 0) is 41.2 Å². The number of sulfonamides is 1. The van der Waals surface area contributed by atoms with E-state index in [1.165, 1.54) is 11.1 Å². The van der Waals surface area contributed by atoms with E-state index in [1.54, 1.807) is 30.0 Å². The summed E-state index contributed by atoms with van der Waals surface area (Å²) in [5, 5.41) is -0.0723. The van der Waals surface area contributed by atoms with Crippen LogP contribution in [0.5, 0.6) is 5.75 Å². The van der Waals surface area contributed by atoms with Gasteiger partial charge in [-0.3, -0.25) is 9.59 Å². The van der Waals surface area contributed by atoms with Gasteiger partial charge in [0.2, 0.25) is 15.9 Å². The maximum atomic E-state index is 13.5. The van der Waals surface area contributed by atoms with E-state index in [4.69, 9.17) is 21.1 Å². The van der Waals surface area contributed by atoms with Crippen molar-refractivity contribution < 1.29 is 35.9 Å². The number of hydrogen-bond donors (Lipinski definition) is 1. The molecule has 2 fully saturated rings. The average molecular weight is 774 g/mol. The number of anilines is 1. The molecule has 3 aliphatic heterocycles. The summed E-state index contributed by atoms with van der Waals surface area (Å²) < 4.78 is 66.2. The molecule has 282 valence electrons. The first-order valence-corrected chi connectivity index (χ1v) is 22.2. The second-order valence-corrected chi connectivity index (χ2v) is 19.8. The number of amides is 2.